The van der Waals surface area contributed by atoms with Gasteiger partial charge in [0.2, 0.25) is 11.9 Å². The second-order valence-corrected chi connectivity index (χ2v) is 4.93. The molecule has 0 bridgehead atoms. The summed E-state index contributed by atoms with van der Waals surface area (Å²) >= 11 is 0. The van der Waals surface area contributed by atoms with E-state index in [0.717, 1.165) is 12.8 Å². The minimum atomic E-state index is -0.628. The van der Waals surface area contributed by atoms with Crippen molar-refractivity contribution < 1.29 is 9.90 Å². The van der Waals surface area contributed by atoms with Crippen molar-refractivity contribution in [1.82, 2.24) is 19.7 Å². The molecule has 0 aromatic carbocycles. The van der Waals surface area contributed by atoms with Crippen LogP contribution in [0.2, 0.25) is 0 Å². The summed E-state index contributed by atoms with van der Waals surface area (Å²) in [5.41, 5.74) is 4.73. The Hall–Kier alpha value is -1.63. The van der Waals surface area contributed by atoms with E-state index >= 15 is 0 Å². The van der Waals surface area contributed by atoms with Gasteiger partial charge in [-0.25, -0.2) is 9.67 Å². The van der Waals surface area contributed by atoms with E-state index in [9.17, 15) is 9.90 Å². The summed E-state index contributed by atoms with van der Waals surface area (Å²) in [4.78, 5) is 17.2. The molecule has 0 unspecified atom stereocenters. The van der Waals surface area contributed by atoms with Gasteiger partial charge in [-0.15, -0.1) is 5.10 Å². The lowest BCUT2D eigenvalue weighted by molar-refractivity contribution is -0.160. The minimum Gasteiger partial charge on any atom is -0.386 e. The first-order chi connectivity index (χ1) is 8.07. The van der Waals surface area contributed by atoms with Crippen molar-refractivity contribution in [2.24, 2.45) is 5.92 Å². The Balaban J connectivity index is 1.54. The van der Waals surface area contributed by atoms with Gasteiger partial charge in [0.25, 0.3) is 0 Å². The smallest absolute Gasteiger partial charge is 0.244 e. The van der Waals surface area contributed by atoms with E-state index in [1.807, 2.05) is 0 Å². The zero-order chi connectivity index (χ0) is 12.0. The summed E-state index contributed by atoms with van der Waals surface area (Å²) in [5.74, 6) is 0.504. The molecule has 1 saturated heterocycles. The molecule has 3 rings (SSSR count). The SMILES string of the molecule is Nc1ncn(CC(=O)N2CC(O)(C3CC3)C2)n1. The van der Waals surface area contributed by atoms with Crippen LogP contribution in [0.4, 0.5) is 5.95 Å². The van der Waals surface area contributed by atoms with E-state index in [1.165, 1.54) is 11.0 Å². The van der Waals surface area contributed by atoms with Crippen LogP contribution < -0.4 is 5.73 Å². The van der Waals surface area contributed by atoms with Crippen LogP contribution in [0.5, 0.6) is 0 Å². The molecule has 2 fully saturated rings. The lowest BCUT2D eigenvalue weighted by Gasteiger charge is -2.46. The summed E-state index contributed by atoms with van der Waals surface area (Å²) < 4.78 is 1.41. The number of carbonyl (C=O) groups excluding carboxylic acids is 1. The Morgan fingerprint density at radius 1 is 1.59 bits per heavy atom. The molecule has 0 atom stereocenters. The number of nitrogens with zero attached hydrogens (tertiary/aromatic N) is 4. The summed E-state index contributed by atoms with van der Waals surface area (Å²) in [6, 6.07) is 0. The van der Waals surface area contributed by atoms with Crippen molar-refractivity contribution in [2.75, 3.05) is 18.8 Å². The minimum absolute atomic E-state index is 0.0553. The van der Waals surface area contributed by atoms with Crippen LogP contribution in [0.1, 0.15) is 12.8 Å². The number of aliphatic hydroxyl groups is 1. The number of amides is 1. The molecule has 2 aliphatic rings. The average molecular weight is 237 g/mol. The Labute approximate surface area is 98.2 Å². The average Bonchev–Trinajstić information content (AvgIpc) is 3.00. The summed E-state index contributed by atoms with van der Waals surface area (Å²) in [5, 5.41) is 13.9. The molecule has 1 amide bonds. The van der Waals surface area contributed by atoms with Gasteiger partial charge in [-0.05, 0) is 18.8 Å². The van der Waals surface area contributed by atoms with Gasteiger partial charge in [-0.2, -0.15) is 0 Å². The number of likely N-dealkylation sites (tertiary alicyclic amines) is 1. The first-order valence-electron chi connectivity index (χ1n) is 5.72. The molecule has 1 aromatic rings. The molecule has 2 heterocycles. The van der Waals surface area contributed by atoms with Crippen molar-refractivity contribution in [1.29, 1.82) is 0 Å². The number of aromatic nitrogens is 3. The first kappa shape index (κ1) is 10.5. The predicted molar refractivity (Wildman–Crippen MR) is 58.7 cm³/mol. The van der Waals surface area contributed by atoms with Crippen molar-refractivity contribution in [3.05, 3.63) is 6.33 Å². The maximum absolute atomic E-state index is 11.8. The molecule has 92 valence electrons. The number of nitrogen functional groups attached to an aromatic ring is 1. The van der Waals surface area contributed by atoms with Crippen LogP contribution in [0.25, 0.3) is 0 Å². The standard InChI is InChI=1S/C10H15N5O2/c11-9-12-6-15(13-9)3-8(16)14-4-10(17,5-14)7-1-2-7/h6-7,17H,1-5H2,(H2,11,13). The second-order valence-electron chi connectivity index (χ2n) is 4.93. The summed E-state index contributed by atoms with van der Waals surface area (Å²) in [6.07, 6.45) is 3.59. The topological polar surface area (TPSA) is 97.3 Å². The third-order valence-corrected chi connectivity index (χ3v) is 3.47. The van der Waals surface area contributed by atoms with Gasteiger partial charge in [-0.1, -0.05) is 0 Å². The normalized spacial score (nSPS) is 22.3. The van der Waals surface area contributed by atoms with Gasteiger partial charge in [0, 0.05) is 0 Å². The number of β-amino-alcohol motifs (C(OH)–C–C–N with tert-alkyl or cyclic N) is 1. The molecule has 7 nitrogen and oxygen atoms in total. The van der Waals surface area contributed by atoms with E-state index in [2.05, 4.69) is 10.1 Å². The highest BCUT2D eigenvalue weighted by Gasteiger charge is 2.53. The highest BCUT2D eigenvalue weighted by Crippen LogP contribution is 2.44. The highest BCUT2D eigenvalue weighted by atomic mass is 16.3. The monoisotopic (exact) mass is 237 g/mol. The number of anilines is 1. The van der Waals surface area contributed by atoms with Crippen molar-refractivity contribution >= 4 is 11.9 Å². The summed E-state index contributed by atoms with van der Waals surface area (Å²) in [6.45, 7) is 1.02. The van der Waals surface area contributed by atoms with Crippen LogP contribution >= 0.6 is 0 Å². The van der Waals surface area contributed by atoms with Crippen molar-refractivity contribution in [3.63, 3.8) is 0 Å². The maximum Gasteiger partial charge on any atom is 0.244 e. The van der Waals surface area contributed by atoms with Crippen LogP contribution in [-0.4, -0.2) is 49.4 Å². The first-order valence-corrected chi connectivity index (χ1v) is 5.72. The van der Waals surface area contributed by atoms with Crippen molar-refractivity contribution in [3.8, 4) is 0 Å². The lowest BCUT2D eigenvalue weighted by Crippen LogP contribution is -2.65. The van der Waals surface area contributed by atoms with Crippen molar-refractivity contribution in [2.45, 2.75) is 25.0 Å². The van der Waals surface area contributed by atoms with Gasteiger partial charge < -0.3 is 15.7 Å². The number of carbonyl (C=O) groups is 1. The Bertz CT molecular complexity index is 447. The lowest BCUT2D eigenvalue weighted by atomic mass is 9.89. The Morgan fingerprint density at radius 3 is 2.82 bits per heavy atom. The molecule has 1 aliphatic carbocycles. The van der Waals surface area contributed by atoms with Crippen LogP contribution in [-0.2, 0) is 11.3 Å². The van der Waals surface area contributed by atoms with E-state index in [0.29, 0.717) is 19.0 Å². The summed E-state index contributed by atoms with van der Waals surface area (Å²) in [7, 11) is 0. The quantitative estimate of drug-likeness (QED) is 0.691. The fourth-order valence-electron chi connectivity index (χ4n) is 2.29. The fourth-order valence-corrected chi connectivity index (χ4v) is 2.29. The third-order valence-electron chi connectivity index (χ3n) is 3.47. The Morgan fingerprint density at radius 2 is 2.29 bits per heavy atom. The molecule has 1 aliphatic heterocycles. The van der Waals surface area contributed by atoms with E-state index < -0.39 is 5.60 Å². The number of hydrogen-bond donors (Lipinski definition) is 2. The van der Waals surface area contributed by atoms with Gasteiger partial charge >= 0.3 is 0 Å². The third kappa shape index (κ3) is 1.86. The molecule has 7 heteroatoms. The van der Waals surface area contributed by atoms with Crippen LogP contribution in [0, 0.1) is 5.92 Å². The molecule has 3 N–H and O–H groups in total. The molecule has 17 heavy (non-hydrogen) atoms. The van der Waals surface area contributed by atoms with Gasteiger partial charge in [0.15, 0.2) is 0 Å². The van der Waals surface area contributed by atoms with E-state index in [1.54, 1.807) is 4.90 Å². The van der Waals surface area contributed by atoms with E-state index in [-0.39, 0.29) is 18.4 Å². The molecule has 0 spiro atoms. The van der Waals surface area contributed by atoms with Crippen LogP contribution in [0.15, 0.2) is 6.33 Å². The zero-order valence-corrected chi connectivity index (χ0v) is 9.41. The Kier molecular flexibility index (Phi) is 2.12. The van der Waals surface area contributed by atoms with Gasteiger partial charge in [0.1, 0.15) is 18.5 Å². The fraction of sp³-hybridized carbons (Fsp3) is 0.700. The number of rotatable bonds is 3. The number of nitrogens with two attached hydrogens (primary N) is 1. The van der Waals surface area contributed by atoms with Gasteiger partial charge in [0.05, 0.1) is 13.1 Å². The van der Waals surface area contributed by atoms with E-state index in [4.69, 9.17) is 5.73 Å². The zero-order valence-electron chi connectivity index (χ0n) is 9.41. The molecule has 0 radical (unpaired) electrons. The van der Waals surface area contributed by atoms with Gasteiger partial charge in [-0.3, -0.25) is 4.79 Å². The molecule has 1 saturated carbocycles. The second kappa shape index (κ2) is 3.43. The van der Waals surface area contributed by atoms with Crippen LogP contribution in [0.3, 0.4) is 0 Å². The predicted octanol–water partition coefficient (Wildman–Crippen LogP) is -1.16. The maximum atomic E-state index is 11.8. The highest BCUT2D eigenvalue weighted by molar-refractivity contribution is 5.77. The molecular weight excluding hydrogens is 222 g/mol. The molecular formula is C10H15N5O2. The largest absolute Gasteiger partial charge is 0.386 e. The number of hydrogen-bond acceptors (Lipinski definition) is 5. The molecule has 1 aromatic heterocycles.